The summed E-state index contributed by atoms with van der Waals surface area (Å²) in [7, 11) is -3.55. The van der Waals surface area contributed by atoms with Crippen LogP contribution in [-0.2, 0) is 10.0 Å². The lowest BCUT2D eigenvalue weighted by molar-refractivity contribution is 0.137. The number of nitrogens with one attached hydrogen (secondary N) is 1. The number of rotatable bonds is 5. The summed E-state index contributed by atoms with van der Waals surface area (Å²) >= 11 is 1.25. The molecule has 3 atom stereocenters. The highest BCUT2D eigenvalue weighted by Gasteiger charge is 2.49. The third-order valence-electron chi connectivity index (χ3n) is 5.32. The lowest BCUT2D eigenvalue weighted by Crippen LogP contribution is -2.27. The van der Waals surface area contributed by atoms with Crippen LogP contribution in [0.4, 0.5) is 4.79 Å². The number of thiophene rings is 1. The zero-order chi connectivity index (χ0) is 22.9. The van der Waals surface area contributed by atoms with E-state index in [9.17, 15) is 8.42 Å². The van der Waals surface area contributed by atoms with Gasteiger partial charge in [0.2, 0.25) is 10.0 Å². The molecule has 1 aliphatic rings. The molecule has 10 heteroatoms. The van der Waals surface area contributed by atoms with E-state index in [1.165, 1.54) is 16.9 Å². The SMILES string of the molecule is C[C@H]1[C@H](NS(=O)(=O)c2ccc(-c3cn4ccccc4n3)s2)[C@H]1c1ccccc1.O=C(O)O. The second-order valence-electron chi connectivity index (χ2n) is 7.44. The normalized spacial score (nSPS) is 19.8. The Balaban J connectivity index is 0.000000567. The molecule has 3 aromatic heterocycles. The molecule has 166 valence electrons. The molecule has 0 saturated heterocycles. The van der Waals surface area contributed by atoms with E-state index in [4.69, 9.17) is 15.0 Å². The van der Waals surface area contributed by atoms with Crippen molar-refractivity contribution < 1.29 is 23.4 Å². The molecule has 4 aromatic rings. The molecule has 3 N–H and O–H groups in total. The van der Waals surface area contributed by atoms with Crippen LogP contribution < -0.4 is 4.72 Å². The van der Waals surface area contributed by atoms with Crippen molar-refractivity contribution in [3.63, 3.8) is 0 Å². The Kier molecular flexibility index (Phi) is 6.00. The first-order valence-corrected chi connectivity index (χ1v) is 12.1. The van der Waals surface area contributed by atoms with Crippen molar-refractivity contribution in [3.05, 3.63) is 78.6 Å². The summed E-state index contributed by atoms with van der Waals surface area (Å²) in [6, 6.07) is 19.3. The number of imidazole rings is 1. The van der Waals surface area contributed by atoms with Crippen molar-refractivity contribution in [1.82, 2.24) is 14.1 Å². The van der Waals surface area contributed by atoms with Crippen LogP contribution in [0, 0.1) is 5.92 Å². The Morgan fingerprint density at radius 3 is 2.44 bits per heavy atom. The van der Waals surface area contributed by atoms with E-state index < -0.39 is 16.2 Å². The van der Waals surface area contributed by atoms with Crippen LogP contribution in [0.5, 0.6) is 0 Å². The van der Waals surface area contributed by atoms with Crippen LogP contribution in [-0.4, -0.2) is 40.2 Å². The fourth-order valence-corrected chi connectivity index (χ4v) is 6.35. The van der Waals surface area contributed by atoms with Gasteiger partial charge < -0.3 is 14.6 Å². The van der Waals surface area contributed by atoms with E-state index in [0.717, 1.165) is 16.2 Å². The predicted molar refractivity (Wildman–Crippen MR) is 122 cm³/mol. The van der Waals surface area contributed by atoms with E-state index >= 15 is 0 Å². The van der Waals surface area contributed by atoms with Gasteiger partial charge in [-0.2, -0.15) is 0 Å². The number of sulfonamides is 1. The molecule has 1 aromatic carbocycles. The third-order valence-corrected chi connectivity index (χ3v) is 8.38. The van der Waals surface area contributed by atoms with Gasteiger partial charge in [-0.25, -0.2) is 22.9 Å². The Bertz CT molecular complexity index is 1310. The molecular formula is C22H21N3O5S2. The van der Waals surface area contributed by atoms with Gasteiger partial charge in [-0.1, -0.05) is 43.3 Å². The Hall–Kier alpha value is -3.21. The maximum atomic E-state index is 12.9. The second-order valence-corrected chi connectivity index (χ2v) is 10.5. The number of hydrogen-bond acceptors (Lipinski definition) is 5. The summed E-state index contributed by atoms with van der Waals surface area (Å²) < 4.78 is 30.9. The number of carboxylic acid groups (broad SMARTS) is 2. The molecule has 8 nitrogen and oxygen atoms in total. The lowest BCUT2D eigenvalue weighted by Gasteiger charge is -2.04. The quantitative estimate of drug-likeness (QED) is 0.398. The minimum atomic E-state index is -3.55. The molecule has 0 unspecified atom stereocenters. The standard InChI is InChI=1S/C21H19N3O2S2.CH2O3/c1-14-20(15-7-3-2-4-8-15)21(14)23-28(25,26)19-11-10-17(27-19)16-13-24-12-6-5-9-18(24)22-16;2-1(3)4/h2-14,20-21,23H,1H3;(H2,2,3,4)/t14-,20-,21+;/m1./s1. The fraction of sp³-hybridized carbons (Fsp3) is 0.182. The fourth-order valence-electron chi connectivity index (χ4n) is 3.72. The molecule has 32 heavy (non-hydrogen) atoms. The van der Waals surface area contributed by atoms with Gasteiger partial charge in [0.15, 0.2) is 0 Å². The Morgan fingerprint density at radius 2 is 1.75 bits per heavy atom. The molecular weight excluding hydrogens is 450 g/mol. The largest absolute Gasteiger partial charge is 0.503 e. The van der Waals surface area contributed by atoms with Gasteiger partial charge in [-0.05, 0) is 35.7 Å². The molecule has 1 fully saturated rings. The van der Waals surface area contributed by atoms with Gasteiger partial charge in [-0.15, -0.1) is 11.3 Å². The maximum Gasteiger partial charge on any atom is 0.503 e. The molecule has 0 amide bonds. The average molecular weight is 472 g/mol. The molecule has 0 spiro atoms. The number of carbonyl (C=O) groups is 1. The average Bonchev–Trinajstić information content (AvgIpc) is 3.15. The van der Waals surface area contributed by atoms with E-state index in [2.05, 4.69) is 28.8 Å². The number of pyridine rings is 1. The van der Waals surface area contributed by atoms with Crippen molar-refractivity contribution >= 4 is 33.2 Å². The van der Waals surface area contributed by atoms with Crippen LogP contribution in [0.1, 0.15) is 18.4 Å². The number of nitrogens with zero attached hydrogens (tertiary/aromatic N) is 2. The first-order valence-electron chi connectivity index (χ1n) is 9.79. The molecule has 0 radical (unpaired) electrons. The van der Waals surface area contributed by atoms with E-state index in [1.54, 1.807) is 6.07 Å². The Morgan fingerprint density at radius 1 is 1.06 bits per heavy atom. The van der Waals surface area contributed by atoms with Crippen LogP contribution >= 0.6 is 11.3 Å². The summed E-state index contributed by atoms with van der Waals surface area (Å²) in [5.74, 6) is 0.517. The van der Waals surface area contributed by atoms with Crippen molar-refractivity contribution in [2.45, 2.75) is 23.1 Å². The summed E-state index contributed by atoms with van der Waals surface area (Å²) in [6.45, 7) is 2.08. The topological polar surface area (TPSA) is 121 Å². The number of benzene rings is 1. The van der Waals surface area contributed by atoms with Crippen molar-refractivity contribution in [2.75, 3.05) is 0 Å². The summed E-state index contributed by atoms with van der Waals surface area (Å²) in [5.41, 5.74) is 2.80. The molecule has 1 saturated carbocycles. The van der Waals surface area contributed by atoms with Crippen molar-refractivity contribution in [3.8, 4) is 10.6 Å². The van der Waals surface area contributed by atoms with Gasteiger partial charge in [0.25, 0.3) is 0 Å². The molecule has 1 aliphatic carbocycles. The molecule has 5 rings (SSSR count). The van der Waals surface area contributed by atoms with Crippen LogP contribution in [0.25, 0.3) is 16.2 Å². The molecule has 0 aliphatic heterocycles. The molecule has 0 bridgehead atoms. The predicted octanol–water partition coefficient (Wildman–Crippen LogP) is 4.37. The van der Waals surface area contributed by atoms with Gasteiger partial charge >= 0.3 is 6.16 Å². The summed E-state index contributed by atoms with van der Waals surface area (Å²) in [5, 5.41) is 13.9. The van der Waals surface area contributed by atoms with Gasteiger partial charge in [0.1, 0.15) is 9.86 Å². The zero-order valence-electron chi connectivity index (χ0n) is 17.0. The first-order chi connectivity index (χ1) is 15.3. The van der Waals surface area contributed by atoms with Crippen LogP contribution in [0.2, 0.25) is 0 Å². The highest BCUT2D eigenvalue weighted by molar-refractivity contribution is 7.91. The highest BCUT2D eigenvalue weighted by atomic mass is 32.2. The molecule has 3 heterocycles. The van der Waals surface area contributed by atoms with E-state index in [0.29, 0.717) is 4.21 Å². The van der Waals surface area contributed by atoms with Crippen LogP contribution in [0.15, 0.2) is 77.3 Å². The second kappa shape index (κ2) is 8.73. The van der Waals surface area contributed by atoms with E-state index in [1.807, 2.05) is 59.3 Å². The minimum absolute atomic E-state index is 0.0619. The third kappa shape index (κ3) is 4.67. The van der Waals surface area contributed by atoms with Crippen molar-refractivity contribution in [2.24, 2.45) is 5.92 Å². The number of hydrogen-bond donors (Lipinski definition) is 3. The Labute approximate surface area is 188 Å². The van der Waals surface area contributed by atoms with E-state index in [-0.39, 0.29) is 17.9 Å². The maximum absolute atomic E-state index is 12.9. The first kappa shape index (κ1) is 22.0. The van der Waals surface area contributed by atoms with Gasteiger partial charge in [0, 0.05) is 24.4 Å². The number of aromatic nitrogens is 2. The summed E-state index contributed by atoms with van der Waals surface area (Å²) in [4.78, 5) is 14.0. The van der Waals surface area contributed by atoms with Gasteiger partial charge in [0.05, 0.1) is 10.6 Å². The van der Waals surface area contributed by atoms with Crippen LogP contribution in [0.3, 0.4) is 0 Å². The zero-order valence-corrected chi connectivity index (χ0v) is 18.6. The smallest absolute Gasteiger partial charge is 0.450 e. The van der Waals surface area contributed by atoms with Gasteiger partial charge in [-0.3, -0.25) is 0 Å². The lowest BCUT2D eigenvalue weighted by atomic mass is 10.1. The highest BCUT2D eigenvalue weighted by Crippen LogP contribution is 2.48. The monoisotopic (exact) mass is 471 g/mol. The van der Waals surface area contributed by atoms with Crippen molar-refractivity contribution in [1.29, 1.82) is 0 Å². The summed E-state index contributed by atoms with van der Waals surface area (Å²) in [6.07, 6.45) is 2.01. The number of fused-ring (bicyclic) bond motifs is 1. The minimum Gasteiger partial charge on any atom is -0.450 e.